The quantitative estimate of drug-likeness (QED) is 0.384. The first-order valence-electron chi connectivity index (χ1n) is 12.0. The summed E-state index contributed by atoms with van der Waals surface area (Å²) >= 11 is 0. The van der Waals surface area contributed by atoms with E-state index in [2.05, 4.69) is 35.9 Å². The number of hydrogen-bond acceptors (Lipinski definition) is 4. The standard InChI is InChI=1S/C27H35N3O3/c1-16(2)20-8-10-21(11-9-20)24-23(25(31)22-17(3)18(4)28-19(22)5)26(32)27(33)30(24)15-14-29-12-6-7-13-29/h8-11,16,24,28,31H,6-7,12-15H2,1-5H3/b25-23+. The van der Waals surface area contributed by atoms with Crippen LogP contribution in [0.1, 0.15) is 72.3 Å². The summed E-state index contributed by atoms with van der Waals surface area (Å²) in [6.45, 7) is 13.3. The molecule has 2 aliphatic rings. The molecule has 1 unspecified atom stereocenters. The molecular weight excluding hydrogens is 414 g/mol. The van der Waals surface area contributed by atoms with Gasteiger partial charge >= 0.3 is 0 Å². The lowest BCUT2D eigenvalue weighted by Crippen LogP contribution is -2.37. The van der Waals surface area contributed by atoms with Crippen molar-refractivity contribution in [2.75, 3.05) is 26.2 Å². The van der Waals surface area contributed by atoms with Gasteiger partial charge in [-0.15, -0.1) is 0 Å². The van der Waals surface area contributed by atoms with Crippen LogP contribution in [0.15, 0.2) is 29.8 Å². The minimum Gasteiger partial charge on any atom is -0.507 e. The maximum atomic E-state index is 13.3. The highest BCUT2D eigenvalue weighted by Crippen LogP contribution is 2.41. The van der Waals surface area contributed by atoms with Gasteiger partial charge in [-0.25, -0.2) is 0 Å². The molecule has 1 amide bonds. The smallest absolute Gasteiger partial charge is 0.295 e. The summed E-state index contributed by atoms with van der Waals surface area (Å²) in [7, 11) is 0. The Morgan fingerprint density at radius 1 is 1.03 bits per heavy atom. The number of nitrogens with zero attached hydrogens (tertiary/aromatic N) is 2. The van der Waals surface area contributed by atoms with E-state index in [1.54, 1.807) is 4.90 Å². The normalized spacial score (nSPS) is 21.0. The van der Waals surface area contributed by atoms with Crippen LogP contribution < -0.4 is 0 Å². The van der Waals surface area contributed by atoms with E-state index in [4.69, 9.17) is 0 Å². The molecule has 0 aliphatic carbocycles. The number of carbonyl (C=O) groups is 2. The number of ketones is 1. The van der Waals surface area contributed by atoms with Crippen molar-refractivity contribution in [3.63, 3.8) is 0 Å². The molecule has 33 heavy (non-hydrogen) atoms. The number of aliphatic hydroxyl groups excluding tert-OH is 1. The second kappa shape index (κ2) is 9.18. The fourth-order valence-corrected chi connectivity index (χ4v) is 5.17. The molecule has 0 spiro atoms. The molecule has 6 nitrogen and oxygen atoms in total. The minimum atomic E-state index is -0.607. The van der Waals surface area contributed by atoms with E-state index in [1.807, 2.05) is 32.9 Å². The molecule has 1 atom stereocenters. The summed E-state index contributed by atoms with van der Waals surface area (Å²) in [5.41, 5.74) is 5.47. The van der Waals surface area contributed by atoms with Crippen molar-refractivity contribution in [1.82, 2.24) is 14.8 Å². The Hall–Kier alpha value is -2.86. The molecule has 0 saturated carbocycles. The largest absolute Gasteiger partial charge is 0.507 e. The highest BCUT2D eigenvalue weighted by atomic mass is 16.3. The van der Waals surface area contributed by atoms with Gasteiger partial charge in [0.1, 0.15) is 5.76 Å². The van der Waals surface area contributed by atoms with Gasteiger partial charge in [-0.3, -0.25) is 9.59 Å². The molecule has 1 aromatic heterocycles. The van der Waals surface area contributed by atoms with Crippen LogP contribution in [0.25, 0.3) is 5.76 Å². The predicted molar refractivity (Wildman–Crippen MR) is 130 cm³/mol. The number of carbonyl (C=O) groups excluding carboxylic acids is 2. The Morgan fingerprint density at radius 3 is 2.21 bits per heavy atom. The number of H-pyrrole nitrogens is 1. The Balaban J connectivity index is 1.80. The van der Waals surface area contributed by atoms with Crippen molar-refractivity contribution in [2.45, 2.75) is 59.4 Å². The minimum absolute atomic E-state index is 0.0886. The van der Waals surface area contributed by atoms with Crippen molar-refractivity contribution >= 4 is 17.4 Å². The average molecular weight is 450 g/mol. The second-order valence-electron chi connectivity index (χ2n) is 9.74. The summed E-state index contributed by atoms with van der Waals surface area (Å²) in [4.78, 5) is 33.7. The van der Waals surface area contributed by atoms with Gasteiger partial charge in [-0.1, -0.05) is 38.1 Å². The summed E-state index contributed by atoms with van der Waals surface area (Å²) in [6, 6.07) is 7.49. The van der Waals surface area contributed by atoms with Crippen LogP contribution in [-0.4, -0.2) is 57.8 Å². The fourth-order valence-electron chi connectivity index (χ4n) is 5.17. The zero-order valence-corrected chi connectivity index (χ0v) is 20.4. The van der Waals surface area contributed by atoms with Crippen LogP contribution >= 0.6 is 0 Å². The molecule has 6 heteroatoms. The topological polar surface area (TPSA) is 76.6 Å². The molecule has 0 bridgehead atoms. The van der Waals surface area contributed by atoms with Crippen LogP contribution in [0.5, 0.6) is 0 Å². The number of benzene rings is 1. The summed E-state index contributed by atoms with van der Waals surface area (Å²) in [6.07, 6.45) is 2.34. The monoisotopic (exact) mass is 449 g/mol. The van der Waals surface area contributed by atoms with Crippen molar-refractivity contribution in [3.05, 3.63) is 63.5 Å². The van der Waals surface area contributed by atoms with Crippen LogP contribution in [-0.2, 0) is 9.59 Å². The van der Waals surface area contributed by atoms with E-state index in [0.717, 1.165) is 42.1 Å². The zero-order chi connectivity index (χ0) is 23.9. The number of likely N-dealkylation sites (tertiary alicyclic amines) is 2. The number of aryl methyl sites for hydroxylation is 2. The van der Waals surface area contributed by atoms with Crippen LogP contribution in [0.2, 0.25) is 0 Å². The third kappa shape index (κ3) is 4.24. The van der Waals surface area contributed by atoms with Crippen molar-refractivity contribution in [1.29, 1.82) is 0 Å². The van der Waals surface area contributed by atoms with Gasteiger partial charge in [0.15, 0.2) is 0 Å². The summed E-state index contributed by atoms with van der Waals surface area (Å²) in [5, 5.41) is 11.4. The molecule has 2 aliphatic heterocycles. The molecule has 3 heterocycles. The second-order valence-corrected chi connectivity index (χ2v) is 9.74. The molecule has 0 radical (unpaired) electrons. The number of amides is 1. The van der Waals surface area contributed by atoms with E-state index in [9.17, 15) is 14.7 Å². The average Bonchev–Trinajstić information content (AvgIpc) is 3.45. The number of aliphatic hydroxyl groups is 1. The van der Waals surface area contributed by atoms with Gasteiger partial charge in [0.2, 0.25) is 0 Å². The first-order valence-corrected chi connectivity index (χ1v) is 12.0. The Labute approximate surface area is 196 Å². The summed E-state index contributed by atoms with van der Waals surface area (Å²) in [5.74, 6) is -0.844. The number of hydrogen-bond donors (Lipinski definition) is 2. The number of Topliss-reactive ketones (excluding diaryl/α,β-unsaturated/α-hetero) is 1. The third-order valence-corrected chi connectivity index (χ3v) is 7.24. The number of nitrogens with one attached hydrogen (secondary N) is 1. The van der Waals surface area contributed by atoms with E-state index in [1.165, 1.54) is 18.4 Å². The molecule has 4 rings (SSSR count). The van der Waals surface area contributed by atoms with Gasteiger partial charge in [0.25, 0.3) is 11.7 Å². The van der Waals surface area contributed by atoms with E-state index in [-0.39, 0.29) is 11.3 Å². The first kappa shape index (κ1) is 23.3. The van der Waals surface area contributed by atoms with Crippen LogP contribution in [0.4, 0.5) is 0 Å². The van der Waals surface area contributed by atoms with Gasteiger partial charge in [-0.05, 0) is 69.3 Å². The molecule has 1 aromatic carbocycles. The number of aromatic nitrogens is 1. The Kier molecular flexibility index (Phi) is 6.48. The lowest BCUT2D eigenvalue weighted by atomic mass is 9.92. The first-order chi connectivity index (χ1) is 15.7. The number of rotatable bonds is 6. The van der Waals surface area contributed by atoms with E-state index in [0.29, 0.717) is 18.0 Å². The summed E-state index contributed by atoms with van der Waals surface area (Å²) < 4.78 is 0. The lowest BCUT2D eigenvalue weighted by molar-refractivity contribution is -0.140. The third-order valence-electron chi connectivity index (χ3n) is 7.24. The maximum Gasteiger partial charge on any atom is 0.295 e. The van der Waals surface area contributed by atoms with Crippen LogP contribution in [0.3, 0.4) is 0 Å². The fraction of sp³-hybridized carbons (Fsp3) is 0.481. The molecular formula is C27H35N3O3. The molecule has 2 fully saturated rings. The highest BCUT2D eigenvalue weighted by Gasteiger charge is 2.46. The Morgan fingerprint density at radius 2 is 1.67 bits per heavy atom. The molecule has 2 N–H and O–H groups in total. The molecule has 176 valence electrons. The van der Waals surface area contributed by atoms with Gasteiger partial charge in [0, 0.05) is 30.0 Å². The Bertz CT molecular complexity index is 1090. The SMILES string of the molecule is Cc1[nH]c(C)c(/C(O)=C2\C(=O)C(=O)N(CCN3CCCC3)C2c2ccc(C(C)C)cc2)c1C. The highest BCUT2D eigenvalue weighted by molar-refractivity contribution is 6.46. The zero-order valence-electron chi connectivity index (χ0n) is 20.4. The lowest BCUT2D eigenvalue weighted by Gasteiger charge is -2.27. The van der Waals surface area contributed by atoms with Crippen molar-refractivity contribution in [2.24, 2.45) is 0 Å². The van der Waals surface area contributed by atoms with Crippen molar-refractivity contribution in [3.8, 4) is 0 Å². The van der Waals surface area contributed by atoms with Crippen molar-refractivity contribution < 1.29 is 14.7 Å². The molecule has 2 aromatic rings. The molecule has 2 saturated heterocycles. The van der Waals surface area contributed by atoms with Gasteiger partial charge < -0.3 is 19.9 Å². The van der Waals surface area contributed by atoms with Crippen LogP contribution in [0, 0.1) is 20.8 Å². The van der Waals surface area contributed by atoms with Gasteiger partial charge in [-0.2, -0.15) is 0 Å². The number of aromatic amines is 1. The predicted octanol–water partition coefficient (Wildman–Crippen LogP) is 4.58. The van der Waals surface area contributed by atoms with Gasteiger partial charge in [0.05, 0.1) is 11.6 Å². The van der Waals surface area contributed by atoms with E-state index < -0.39 is 17.7 Å². The maximum absolute atomic E-state index is 13.3. The van der Waals surface area contributed by atoms with E-state index >= 15 is 0 Å².